The van der Waals surface area contributed by atoms with Gasteiger partial charge in [0.25, 0.3) is 0 Å². The van der Waals surface area contributed by atoms with E-state index in [-0.39, 0.29) is 31.1 Å². The van der Waals surface area contributed by atoms with E-state index < -0.39 is 6.10 Å². The Balaban J connectivity index is 4.25. The van der Waals surface area contributed by atoms with Crippen molar-refractivity contribution in [1.29, 1.82) is 0 Å². The topological polar surface area (TPSA) is 78.9 Å². The second kappa shape index (κ2) is 54.4. The van der Waals surface area contributed by atoms with Gasteiger partial charge in [-0.25, -0.2) is 0 Å². The largest absolute Gasteiger partial charge is 0.462 e. The van der Waals surface area contributed by atoms with E-state index in [0.29, 0.717) is 19.3 Å². The molecule has 6 heteroatoms. The van der Waals surface area contributed by atoms with Gasteiger partial charge in [0, 0.05) is 19.3 Å². The molecule has 0 saturated heterocycles. The predicted octanol–water partition coefficient (Wildman–Crippen LogP) is 19.8. The third-order valence-corrected chi connectivity index (χ3v) is 13.8. The van der Waals surface area contributed by atoms with E-state index in [1.54, 1.807) is 0 Å². The number of hydrogen-bond acceptors (Lipinski definition) is 6. The van der Waals surface area contributed by atoms with E-state index in [1.807, 2.05) is 0 Å². The molecule has 0 amide bonds. The van der Waals surface area contributed by atoms with E-state index in [0.717, 1.165) is 63.7 Å². The lowest BCUT2D eigenvalue weighted by Gasteiger charge is -2.18. The summed E-state index contributed by atoms with van der Waals surface area (Å²) in [6.07, 6.45) is 59.5. The molecule has 0 saturated carbocycles. The summed E-state index contributed by atoms with van der Waals surface area (Å²) in [7, 11) is 0. The predicted molar refractivity (Wildman–Crippen MR) is 284 cm³/mol. The second-order valence-electron chi connectivity index (χ2n) is 21.1. The average Bonchev–Trinajstić information content (AvgIpc) is 3.30. The van der Waals surface area contributed by atoms with Gasteiger partial charge in [0.15, 0.2) is 6.10 Å². The number of carbonyl (C=O) groups is 3. The average molecular weight is 934 g/mol. The van der Waals surface area contributed by atoms with Crippen LogP contribution in [-0.4, -0.2) is 37.2 Å². The third kappa shape index (κ3) is 53.4. The van der Waals surface area contributed by atoms with Crippen LogP contribution in [0.3, 0.4) is 0 Å². The molecule has 0 rings (SSSR count). The molecule has 0 unspecified atom stereocenters. The van der Waals surface area contributed by atoms with Gasteiger partial charge in [0.2, 0.25) is 0 Å². The molecule has 0 aliphatic rings. The Morgan fingerprint density at radius 2 is 0.500 bits per heavy atom. The first-order valence-electron chi connectivity index (χ1n) is 29.9. The molecule has 0 aliphatic heterocycles. The molecule has 0 aromatic carbocycles. The van der Waals surface area contributed by atoms with Gasteiger partial charge in [0.1, 0.15) is 13.2 Å². The Kier molecular flexibility index (Phi) is 53.0. The van der Waals surface area contributed by atoms with Crippen LogP contribution in [0.1, 0.15) is 342 Å². The molecule has 0 aliphatic carbocycles. The van der Waals surface area contributed by atoms with Crippen LogP contribution >= 0.6 is 0 Å². The molecule has 0 spiro atoms. The van der Waals surface area contributed by atoms with Gasteiger partial charge in [-0.2, -0.15) is 0 Å². The highest BCUT2D eigenvalue weighted by molar-refractivity contribution is 5.71. The zero-order chi connectivity index (χ0) is 48.1. The zero-order valence-electron chi connectivity index (χ0n) is 45.2. The summed E-state index contributed by atoms with van der Waals surface area (Å²) in [4.78, 5) is 38.1. The minimum atomic E-state index is -0.761. The smallest absolute Gasteiger partial charge is 0.306 e. The highest BCUT2D eigenvalue weighted by Crippen LogP contribution is 2.18. The fourth-order valence-electron chi connectivity index (χ4n) is 9.28. The first-order valence-corrected chi connectivity index (χ1v) is 29.9. The van der Waals surface area contributed by atoms with Crippen molar-refractivity contribution >= 4 is 17.9 Å². The maximum absolute atomic E-state index is 12.9. The molecule has 6 nitrogen and oxygen atoms in total. The van der Waals surface area contributed by atoms with Crippen LogP contribution in [0.15, 0.2) is 0 Å². The lowest BCUT2D eigenvalue weighted by atomic mass is 10.0. The summed E-state index contributed by atoms with van der Waals surface area (Å²) < 4.78 is 16.9. The summed E-state index contributed by atoms with van der Waals surface area (Å²) in [6, 6.07) is 0. The maximum atomic E-state index is 12.9. The lowest BCUT2D eigenvalue weighted by molar-refractivity contribution is -0.167. The fourth-order valence-corrected chi connectivity index (χ4v) is 9.28. The highest BCUT2D eigenvalue weighted by atomic mass is 16.6. The molecule has 0 aromatic heterocycles. The molecule has 0 N–H and O–H groups in total. The summed E-state index contributed by atoms with van der Waals surface area (Å²) >= 11 is 0. The number of unbranched alkanes of at least 4 members (excludes halogenated alkanes) is 42. The number of hydrogen-bond donors (Lipinski definition) is 0. The van der Waals surface area contributed by atoms with Gasteiger partial charge >= 0.3 is 17.9 Å². The van der Waals surface area contributed by atoms with Gasteiger partial charge in [-0.3, -0.25) is 14.4 Å². The SMILES string of the molecule is CCCCCCCCCCCCCCCCC(=O)OC[C@H](COC(=O)CCCCCCCCCCCCCCC)OC(=O)CCCCCCCCCCCCCCCCCCCCC(C)C. The molecule has 66 heavy (non-hydrogen) atoms. The molecule has 0 aromatic rings. The van der Waals surface area contributed by atoms with E-state index in [1.165, 1.54) is 238 Å². The van der Waals surface area contributed by atoms with Gasteiger partial charge in [-0.1, -0.05) is 304 Å². The molecule has 0 radical (unpaired) electrons. The zero-order valence-corrected chi connectivity index (χ0v) is 45.2. The quantitative estimate of drug-likeness (QED) is 0.0343. The number of carbonyl (C=O) groups excluding carboxylic acids is 3. The summed E-state index contributed by atoms with van der Waals surface area (Å²) in [5.74, 6) is 0.0256. The minimum absolute atomic E-state index is 0.0615. The van der Waals surface area contributed by atoms with Crippen LogP contribution in [0.5, 0.6) is 0 Å². The lowest BCUT2D eigenvalue weighted by Crippen LogP contribution is -2.30. The summed E-state index contributed by atoms with van der Waals surface area (Å²) in [5, 5.41) is 0. The van der Waals surface area contributed by atoms with Crippen molar-refractivity contribution in [3.8, 4) is 0 Å². The van der Waals surface area contributed by atoms with Crippen LogP contribution in [0.2, 0.25) is 0 Å². The minimum Gasteiger partial charge on any atom is -0.462 e. The van der Waals surface area contributed by atoms with Gasteiger partial charge < -0.3 is 14.2 Å². The van der Waals surface area contributed by atoms with Crippen molar-refractivity contribution in [3.05, 3.63) is 0 Å². The summed E-state index contributed by atoms with van der Waals surface area (Å²) in [6.45, 7) is 9.08. The van der Waals surface area contributed by atoms with Gasteiger partial charge in [-0.15, -0.1) is 0 Å². The molecule has 0 heterocycles. The van der Waals surface area contributed by atoms with Crippen LogP contribution in [0.25, 0.3) is 0 Å². The van der Waals surface area contributed by atoms with E-state index >= 15 is 0 Å². The Bertz CT molecular complexity index is 996. The van der Waals surface area contributed by atoms with Crippen molar-refractivity contribution in [3.63, 3.8) is 0 Å². The monoisotopic (exact) mass is 933 g/mol. The summed E-state index contributed by atoms with van der Waals surface area (Å²) in [5.41, 5.74) is 0. The number of esters is 3. The van der Waals surface area contributed by atoms with E-state index in [2.05, 4.69) is 27.7 Å². The molecular formula is C60H116O6. The normalized spacial score (nSPS) is 12.0. The Labute approximate surface area is 412 Å². The first kappa shape index (κ1) is 64.4. The van der Waals surface area contributed by atoms with Crippen molar-refractivity contribution in [2.24, 2.45) is 5.92 Å². The molecule has 0 fully saturated rings. The van der Waals surface area contributed by atoms with Crippen molar-refractivity contribution in [2.75, 3.05) is 13.2 Å². The van der Waals surface area contributed by atoms with Crippen LogP contribution in [0, 0.1) is 5.92 Å². The third-order valence-electron chi connectivity index (χ3n) is 13.8. The second-order valence-corrected chi connectivity index (χ2v) is 21.1. The van der Waals surface area contributed by atoms with Crippen molar-refractivity contribution in [1.82, 2.24) is 0 Å². The molecule has 392 valence electrons. The molecular weight excluding hydrogens is 817 g/mol. The van der Waals surface area contributed by atoms with Gasteiger partial charge in [0.05, 0.1) is 0 Å². The van der Waals surface area contributed by atoms with Gasteiger partial charge in [-0.05, 0) is 25.2 Å². The fraction of sp³-hybridized carbons (Fsp3) is 0.950. The molecule has 1 atom stereocenters. The van der Waals surface area contributed by atoms with Crippen molar-refractivity contribution in [2.45, 2.75) is 348 Å². The van der Waals surface area contributed by atoms with Crippen molar-refractivity contribution < 1.29 is 28.6 Å². The standard InChI is InChI=1S/C60H116O6/c1-5-7-9-11-13-15-17-19-28-32-36-40-44-48-52-59(62)65-55-57(54-64-58(61)51-47-43-39-35-31-26-18-16-14-12-10-8-6-2)66-60(63)53-49-45-41-37-33-29-25-23-21-20-22-24-27-30-34-38-42-46-50-56(3)4/h56-57H,5-55H2,1-4H3/t57-/m0/s1. The van der Waals surface area contributed by atoms with Crippen LogP contribution in [0.4, 0.5) is 0 Å². The molecule has 0 bridgehead atoms. The van der Waals surface area contributed by atoms with Crippen LogP contribution in [-0.2, 0) is 28.6 Å². The number of ether oxygens (including phenoxy) is 3. The Hall–Kier alpha value is -1.59. The maximum Gasteiger partial charge on any atom is 0.306 e. The Morgan fingerprint density at radius 3 is 0.742 bits per heavy atom. The van der Waals surface area contributed by atoms with E-state index in [4.69, 9.17) is 14.2 Å². The number of rotatable bonds is 55. The highest BCUT2D eigenvalue weighted by Gasteiger charge is 2.19. The van der Waals surface area contributed by atoms with E-state index in [9.17, 15) is 14.4 Å². The first-order chi connectivity index (χ1) is 32.4. The Morgan fingerprint density at radius 1 is 0.288 bits per heavy atom. The van der Waals surface area contributed by atoms with Crippen LogP contribution < -0.4 is 0 Å².